The monoisotopic (exact) mass is 563 g/mol. The largest absolute Gasteiger partial charge is 0.487 e. The molecule has 0 unspecified atom stereocenters. The van der Waals surface area contributed by atoms with Crippen molar-refractivity contribution in [3.05, 3.63) is 17.7 Å². The molecule has 7 N–H and O–H groups in total. The molecule has 0 heterocycles. The van der Waals surface area contributed by atoms with Gasteiger partial charge in [-0.15, -0.1) is 0 Å². The van der Waals surface area contributed by atoms with E-state index in [1.807, 2.05) is 0 Å². The molecule has 14 nitrogen and oxygen atoms in total. The van der Waals surface area contributed by atoms with Gasteiger partial charge in [0.05, 0.1) is 84.8 Å². The lowest BCUT2D eigenvalue weighted by atomic mass is 10.2. The van der Waals surface area contributed by atoms with E-state index in [2.05, 4.69) is 0 Å². The average molecular weight is 564 g/mol. The number of benzene rings is 1. The van der Waals surface area contributed by atoms with Gasteiger partial charge in [-0.2, -0.15) is 0 Å². The van der Waals surface area contributed by atoms with E-state index in [9.17, 15) is 9.90 Å². The van der Waals surface area contributed by atoms with Crippen LogP contribution in [0.2, 0.25) is 0 Å². The van der Waals surface area contributed by atoms with Gasteiger partial charge < -0.3 is 64.9 Å². The van der Waals surface area contributed by atoms with Crippen LogP contribution < -0.4 is 31.4 Å². The minimum atomic E-state index is -1.14. The van der Waals surface area contributed by atoms with Crippen molar-refractivity contribution in [2.75, 3.05) is 119 Å². The molecule has 0 aliphatic heterocycles. The molecule has 0 fully saturated rings. The first kappa shape index (κ1) is 34.8. The molecule has 226 valence electrons. The average Bonchev–Trinajstić information content (AvgIpc) is 2.93. The first-order valence-corrected chi connectivity index (χ1v) is 13.0. The van der Waals surface area contributed by atoms with E-state index < -0.39 is 5.97 Å². The molecule has 1 aromatic carbocycles. The Bertz CT molecular complexity index is 702. The number of carboxylic acids is 1. The fourth-order valence-electron chi connectivity index (χ4n) is 2.90. The Morgan fingerprint density at radius 1 is 0.513 bits per heavy atom. The topological polar surface area (TPSA) is 198 Å². The van der Waals surface area contributed by atoms with E-state index in [1.54, 1.807) is 0 Å². The molecular formula is C25H45N3O11. The Morgan fingerprint density at radius 2 is 0.821 bits per heavy atom. The fraction of sp³-hybridized carbons (Fsp3) is 0.720. The molecule has 0 aliphatic rings. The van der Waals surface area contributed by atoms with Crippen LogP contribution in [0.4, 0.5) is 0 Å². The molecule has 0 saturated heterocycles. The molecule has 1 rings (SSSR count). The van der Waals surface area contributed by atoms with Gasteiger partial charge in [0.25, 0.3) is 0 Å². The summed E-state index contributed by atoms with van der Waals surface area (Å²) in [6.07, 6.45) is 0. The zero-order chi connectivity index (χ0) is 28.4. The third kappa shape index (κ3) is 17.8. The van der Waals surface area contributed by atoms with E-state index in [4.69, 9.17) is 59.8 Å². The van der Waals surface area contributed by atoms with Gasteiger partial charge in [0.1, 0.15) is 19.8 Å². The van der Waals surface area contributed by atoms with Crippen LogP contribution in [-0.2, 0) is 28.4 Å². The summed E-state index contributed by atoms with van der Waals surface area (Å²) < 4.78 is 49.8. The van der Waals surface area contributed by atoms with Crippen molar-refractivity contribution in [1.29, 1.82) is 0 Å². The summed E-state index contributed by atoms with van der Waals surface area (Å²) >= 11 is 0. The molecule has 0 saturated carbocycles. The highest BCUT2D eigenvalue weighted by Crippen LogP contribution is 2.39. The van der Waals surface area contributed by atoms with Gasteiger partial charge in [0, 0.05) is 19.6 Å². The summed E-state index contributed by atoms with van der Waals surface area (Å²) in [5.41, 5.74) is 16.1. The molecule has 0 aromatic heterocycles. The Morgan fingerprint density at radius 3 is 1.15 bits per heavy atom. The highest BCUT2D eigenvalue weighted by Gasteiger charge is 2.19. The van der Waals surface area contributed by atoms with Crippen LogP contribution in [0.25, 0.3) is 0 Å². The Balaban J connectivity index is 2.73. The lowest BCUT2D eigenvalue weighted by Crippen LogP contribution is -2.16. The number of rotatable bonds is 28. The second-order valence-electron chi connectivity index (χ2n) is 7.69. The summed E-state index contributed by atoms with van der Waals surface area (Å²) in [5, 5.41) is 9.60. The van der Waals surface area contributed by atoms with E-state index in [-0.39, 0.29) is 62.5 Å². The predicted octanol–water partition coefficient (Wildman–Crippen LogP) is -0.503. The van der Waals surface area contributed by atoms with Gasteiger partial charge in [-0.25, -0.2) is 4.79 Å². The molecule has 0 amide bonds. The summed E-state index contributed by atoms with van der Waals surface area (Å²) in [6.45, 7) is 6.34. The molecule has 0 spiro atoms. The molecule has 14 heteroatoms. The maximum atomic E-state index is 11.7. The van der Waals surface area contributed by atoms with Crippen molar-refractivity contribution in [3.63, 3.8) is 0 Å². The standard InChI is InChI=1S/C25H45N3O11/c26-1-4-31-7-10-34-13-16-37-22-19-21(25(29)30)20-23(38-17-14-35-11-8-32-5-2-27)24(22)39-18-15-36-12-9-33-6-3-28/h19-20H,1-18,26-28H2,(H,29,30). The van der Waals surface area contributed by atoms with Crippen LogP contribution in [0.3, 0.4) is 0 Å². The lowest BCUT2D eigenvalue weighted by Gasteiger charge is -2.18. The summed E-state index contributed by atoms with van der Waals surface area (Å²) in [7, 11) is 0. The van der Waals surface area contributed by atoms with Gasteiger partial charge in [-0.1, -0.05) is 0 Å². The van der Waals surface area contributed by atoms with Crippen LogP contribution in [-0.4, -0.2) is 130 Å². The van der Waals surface area contributed by atoms with Crippen molar-refractivity contribution in [3.8, 4) is 17.2 Å². The fourth-order valence-corrected chi connectivity index (χ4v) is 2.90. The predicted molar refractivity (Wildman–Crippen MR) is 142 cm³/mol. The third-order valence-electron chi connectivity index (χ3n) is 4.61. The van der Waals surface area contributed by atoms with Crippen molar-refractivity contribution in [2.45, 2.75) is 0 Å². The van der Waals surface area contributed by atoms with Crippen molar-refractivity contribution in [1.82, 2.24) is 0 Å². The van der Waals surface area contributed by atoms with E-state index >= 15 is 0 Å². The molecule has 0 atom stereocenters. The second kappa shape index (κ2) is 24.7. The summed E-state index contributed by atoms with van der Waals surface area (Å²) in [4.78, 5) is 11.7. The third-order valence-corrected chi connectivity index (χ3v) is 4.61. The van der Waals surface area contributed by atoms with Gasteiger partial charge >= 0.3 is 5.97 Å². The van der Waals surface area contributed by atoms with Crippen LogP contribution in [0.1, 0.15) is 10.4 Å². The van der Waals surface area contributed by atoms with Crippen LogP contribution in [0.15, 0.2) is 12.1 Å². The maximum absolute atomic E-state index is 11.7. The molecule has 39 heavy (non-hydrogen) atoms. The second-order valence-corrected chi connectivity index (χ2v) is 7.69. The smallest absolute Gasteiger partial charge is 0.335 e. The van der Waals surface area contributed by atoms with Crippen LogP contribution >= 0.6 is 0 Å². The number of hydrogen-bond acceptors (Lipinski definition) is 13. The Hall–Kier alpha value is -2.27. The first-order valence-electron chi connectivity index (χ1n) is 13.0. The first-order chi connectivity index (χ1) is 19.1. The van der Waals surface area contributed by atoms with Gasteiger partial charge in [0.2, 0.25) is 5.75 Å². The highest BCUT2D eigenvalue weighted by molar-refractivity contribution is 5.89. The summed E-state index contributed by atoms with van der Waals surface area (Å²) in [5.74, 6) is -0.482. The summed E-state index contributed by atoms with van der Waals surface area (Å²) in [6, 6.07) is 2.75. The number of ether oxygens (including phenoxy) is 9. The molecule has 0 radical (unpaired) electrons. The van der Waals surface area contributed by atoms with Crippen LogP contribution in [0, 0.1) is 0 Å². The lowest BCUT2D eigenvalue weighted by molar-refractivity contribution is 0.0331. The van der Waals surface area contributed by atoms with Gasteiger partial charge in [-0.3, -0.25) is 0 Å². The quantitative estimate of drug-likeness (QED) is 0.0951. The number of nitrogens with two attached hydrogens (primary N) is 3. The number of carboxylic acid groups (broad SMARTS) is 1. The number of carbonyl (C=O) groups is 1. The minimum Gasteiger partial charge on any atom is -0.487 e. The van der Waals surface area contributed by atoms with Gasteiger partial charge in [0.15, 0.2) is 11.5 Å². The van der Waals surface area contributed by atoms with E-state index in [0.29, 0.717) is 79.1 Å². The maximum Gasteiger partial charge on any atom is 0.335 e. The minimum absolute atomic E-state index is 0.0205. The molecular weight excluding hydrogens is 518 g/mol. The van der Waals surface area contributed by atoms with Gasteiger partial charge in [-0.05, 0) is 12.1 Å². The van der Waals surface area contributed by atoms with Crippen molar-refractivity contribution >= 4 is 5.97 Å². The van der Waals surface area contributed by atoms with E-state index in [0.717, 1.165) is 0 Å². The molecule has 1 aromatic rings. The Kier molecular flexibility index (Phi) is 22.1. The zero-order valence-electron chi connectivity index (χ0n) is 22.6. The Labute approximate surface area is 229 Å². The number of hydrogen-bond donors (Lipinski definition) is 4. The van der Waals surface area contributed by atoms with E-state index in [1.165, 1.54) is 12.1 Å². The zero-order valence-corrected chi connectivity index (χ0v) is 22.6. The molecule has 0 bridgehead atoms. The van der Waals surface area contributed by atoms with Crippen molar-refractivity contribution in [2.24, 2.45) is 17.2 Å². The molecule has 0 aliphatic carbocycles. The van der Waals surface area contributed by atoms with Crippen molar-refractivity contribution < 1.29 is 52.5 Å². The number of aromatic carboxylic acids is 1. The normalized spacial score (nSPS) is 11.1. The van der Waals surface area contributed by atoms with Crippen LogP contribution in [0.5, 0.6) is 17.2 Å². The SMILES string of the molecule is NCCOCCOCCOc1cc(C(=O)O)cc(OCCOCCOCCN)c1OCCOCCOCCN. The highest BCUT2D eigenvalue weighted by atomic mass is 16.6.